The summed E-state index contributed by atoms with van der Waals surface area (Å²) >= 11 is 0. The van der Waals surface area contributed by atoms with Crippen LogP contribution in [-0.4, -0.2) is 6.04 Å². The van der Waals surface area contributed by atoms with E-state index in [0.717, 1.165) is 6.42 Å². The molecule has 0 radical (unpaired) electrons. The molecule has 0 saturated carbocycles. The quantitative estimate of drug-likeness (QED) is 0.519. The van der Waals surface area contributed by atoms with E-state index in [4.69, 9.17) is 0 Å². The summed E-state index contributed by atoms with van der Waals surface area (Å²) in [7, 11) is 0. The first kappa shape index (κ1) is 8.34. The summed E-state index contributed by atoms with van der Waals surface area (Å²) in [6, 6.07) is 0.362. The summed E-state index contributed by atoms with van der Waals surface area (Å²) in [6.45, 7) is 6.07. The zero-order valence-electron chi connectivity index (χ0n) is 6.33. The van der Waals surface area contributed by atoms with Crippen molar-refractivity contribution >= 4 is 0 Å². The lowest BCUT2D eigenvalue weighted by atomic mass is 10.3. The molecule has 0 bridgehead atoms. The van der Waals surface area contributed by atoms with Crippen molar-refractivity contribution in [3.8, 4) is 0 Å². The molecule has 1 unspecified atom stereocenters. The van der Waals surface area contributed by atoms with Crippen LogP contribution in [0.25, 0.3) is 0 Å². The number of hydrogen-bond donors (Lipinski definition) is 0. The summed E-state index contributed by atoms with van der Waals surface area (Å²) < 4.78 is 0. The third kappa shape index (κ3) is 5.21. The van der Waals surface area contributed by atoms with Gasteiger partial charge in [0, 0.05) is 6.20 Å². The molecule has 0 aliphatic rings. The van der Waals surface area contributed by atoms with E-state index in [-0.39, 0.29) is 0 Å². The predicted molar refractivity (Wildman–Crippen MR) is 39.4 cm³/mol. The first-order valence-corrected chi connectivity index (χ1v) is 3.32. The molecule has 9 heavy (non-hydrogen) atoms. The second-order valence-corrected chi connectivity index (χ2v) is 1.97. The Morgan fingerprint density at radius 1 is 1.56 bits per heavy atom. The summed E-state index contributed by atoms with van der Waals surface area (Å²) in [5.41, 5.74) is 0. The lowest BCUT2D eigenvalue weighted by Crippen LogP contribution is -1.90. The van der Waals surface area contributed by atoms with Gasteiger partial charge in [-0.25, -0.2) is 0 Å². The molecule has 0 spiro atoms. The molecule has 0 saturated heterocycles. The number of hydrogen-bond acceptors (Lipinski definition) is 2. The Hall–Kier alpha value is -0.660. The summed E-state index contributed by atoms with van der Waals surface area (Å²) in [5.74, 6) is 0. The monoisotopic (exact) mass is 126 g/mol. The molecule has 0 aromatic heterocycles. The van der Waals surface area contributed by atoms with Crippen molar-refractivity contribution in [3.63, 3.8) is 0 Å². The fraction of sp³-hybridized carbons (Fsp3) is 0.714. The van der Waals surface area contributed by atoms with Crippen molar-refractivity contribution in [1.82, 2.24) is 0 Å². The van der Waals surface area contributed by atoms with Crippen LogP contribution >= 0.6 is 0 Å². The first-order chi connectivity index (χ1) is 4.31. The summed E-state index contributed by atoms with van der Waals surface area (Å²) in [5, 5.41) is 7.78. The Bertz CT molecular complexity index is 105. The average Bonchev–Trinajstić information content (AvgIpc) is 1.89. The van der Waals surface area contributed by atoms with Gasteiger partial charge in [0.1, 0.15) is 0 Å². The van der Waals surface area contributed by atoms with Crippen molar-refractivity contribution < 1.29 is 0 Å². The van der Waals surface area contributed by atoms with Gasteiger partial charge in [0.05, 0.1) is 6.04 Å². The Kier molecular flexibility index (Phi) is 5.07. The van der Waals surface area contributed by atoms with Crippen LogP contribution in [0.4, 0.5) is 0 Å². The second kappa shape index (κ2) is 5.48. The van der Waals surface area contributed by atoms with E-state index < -0.39 is 0 Å². The van der Waals surface area contributed by atoms with E-state index in [9.17, 15) is 0 Å². The molecule has 0 aliphatic heterocycles. The summed E-state index contributed by atoms with van der Waals surface area (Å²) in [6.07, 6.45) is 4.62. The zero-order valence-corrected chi connectivity index (χ0v) is 6.33. The molecular formula is C7H14N2. The number of rotatable bonds is 3. The average molecular weight is 126 g/mol. The minimum absolute atomic E-state index is 0.362. The molecular weight excluding hydrogens is 112 g/mol. The Labute approximate surface area is 56.7 Å². The minimum Gasteiger partial charge on any atom is -0.186 e. The van der Waals surface area contributed by atoms with Crippen molar-refractivity contribution in [3.05, 3.63) is 12.3 Å². The summed E-state index contributed by atoms with van der Waals surface area (Å²) in [4.78, 5) is 0. The zero-order chi connectivity index (χ0) is 7.11. The molecule has 0 aromatic carbocycles. The van der Waals surface area contributed by atoms with Gasteiger partial charge in [0.25, 0.3) is 0 Å². The Morgan fingerprint density at radius 3 is 2.67 bits per heavy atom. The van der Waals surface area contributed by atoms with Gasteiger partial charge in [0.15, 0.2) is 0 Å². The molecule has 0 heterocycles. The molecule has 0 fully saturated rings. The second-order valence-electron chi connectivity index (χ2n) is 1.97. The van der Waals surface area contributed by atoms with Crippen LogP contribution in [0.15, 0.2) is 22.5 Å². The van der Waals surface area contributed by atoms with Gasteiger partial charge in [-0.3, -0.25) is 0 Å². The third-order valence-corrected chi connectivity index (χ3v) is 1.07. The van der Waals surface area contributed by atoms with E-state index >= 15 is 0 Å². The van der Waals surface area contributed by atoms with Gasteiger partial charge in [0.2, 0.25) is 0 Å². The molecule has 2 heteroatoms. The molecule has 0 aliphatic carbocycles. The SMILES string of the molecule is C/C=C\N=NC(C)CC. The smallest absolute Gasteiger partial charge is 0.0681 e. The predicted octanol–water partition coefficient (Wildman–Crippen LogP) is 2.77. The van der Waals surface area contributed by atoms with E-state index in [2.05, 4.69) is 17.2 Å². The van der Waals surface area contributed by atoms with Crippen molar-refractivity contribution in [1.29, 1.82) is 0 Å². The largest absolute Gasteiger partial charge is 0.186 e. The van der Waals surface area contributed by atoms with Crippen LogP contribution < -0.4 is 0 Å². The highest BCUT2D eigenvalue weighted by atomic mass is 15.1. The van der Waals surface area contributed by atoms with Crippen molar-refractivity contribution in [2.24, 2.45) is 10.2 Å². The van der Waals surface area contributed by atoms with Gasteiger partial charge in [-0.2, -0.15) is 10.2 Å². The van der Waals surface area contributed by atoms with Gasteiger partial charge < -0.3 is 0 Å². The fourth-order valence-corrected chi connectivity index (χ4v) is 0.301. The minimum atomic E-state index is 0.362. The maximum atomic E-state index is 3.97. The highest BCUT2D eigenvalue weighted by Gasteiger charge is 1.89. The topological polar surface area (TPSA) is 24.7 Å². The van der Waals surface area contributed by atoms with Crippen LogP contribution in [0.3, 0.4) is 0 Å². The van der Waals surface area contributed by atoms with Crippen LogP contribution in [0.1, 0.15) is 27.2 Å². The highest BCUT2D eigenvalue weighted by Crippen LogP contribution is 1.95. The number of nitrogens with zero attached hydrogens (tertiary/aromatic N) is 2. The maximum Gasteiger partial charge on any atom is 0.0681 e. The van der Waals surface area contributed by atoms with Crippen molar-refractivity contribution in [2.45, 2.75) is 33.2 Å². The molecule has 0 amide bonds. The molecule has 0 rings (SSSR count). The lowest BCUT2D eigenvalue weighted by Gasteiger charge is -1.94. The van der Waals surface area contributed by atoms with Crippen LogP contribution in [0, 0.1) is 0 Å². The molecule has 0 aromatic rings. The Morgan fingerprint density at radius 2 is 2.22 bits per heavy atom. The van der Waals surface area contributed by atoms with Gasteiger partial charge in [-0.15, -0.1) is 0 Å². The number of azo groups is 1. The van der Waals surface area contributed by atoms with Crippen LogP contribution in [-0.2, 0) is 0 Å². The first-order valence-electron chi connectivity index (χ1n) is 3.32. The van der Waals surface area contributed by atoms with E-state index in [1.54, 1.807) is 6.20 Å². The van der Waals surface area contributed by atoms with Gasteiger partial charge in [-0.1, -0.05) is 13.0 Å². The molecule has 1 atom stereocenters. The molecule has 2 nitrogen and oxygen atoms in total. The lowest BCUT2D eigenvalue weighted by molar-refractivity contribution is 0.679. The standard InChI is InChI=1S/C7H14N2/c1-4-6-8-9-7(3)5-2/h4,6-7H,5H2,1-3H3/b6-4-,9-8?. The fourth-order valence-electron chi connectivity index (χ4n) is 0.301. The van der Waals surface area contributed by atoms with E-state index in [1.165, 1.54) is 0 Å². The van der Waals surface area contributed by atoms with E-state index in [0.29, 0.717) is 6.04 Å². The van der Waals surface area contributed by atoms with E-state index in [1.807, 2.05) is 19.9 Å². The number of allylic oxidation sites excluding steroid dienone is 1. The van der Waals surface area contributed by atoms with Crippen LogP contribution in [0.5, 0.6) is 0 Å². The highest BCUT2D eigenvalue weighted by molar-refractivity contribution is 4.72. The van der Waals surface area contributed by atoms with Gasteiger partial charge in [-0.05, 0) is 20.3 Å². The van der Waals surface area contributed by atoms with Crippen molar-refractivity contribution in [2.75, 3.05) is 0 Å². The molecule has 52 valence electrons. The third-order valence-electron chi connectivity index (χ3n) is 1.07. The molecule has 0 N–H and O–H groups in total. The van der Waals surface area contributed by atoms with Crippen LogP contribution in [0.2, 0.25) is 0 Å². The van der Waals surface area contributed by atoms with Gasteiger partial charge >= 0.3 is 0 Å². The Balaban J connectivity index is 3.43. The maximum absolute atomic E-state index is 3.97. The normalized spacial score (nSPS) is 15.4.